The van der Waals surface area contributed by atoms with Crippen LogP contribution in [0.1, 0.15) is 12.8 Å². The summed E-state index contributed by atoms with van der Waals surface area (Å²) in [6, 6.07) is 8.67. The van der Waals surface area contributed by atoms with Gasteiger partial charge in [0.2, 0.25) is 0 Å². The van der Waals surface area contributed by atoms with Gasteiger partial charge in [0.15, 0.2) is 0 Å². The average molecular weight is 244 g/mol. The van der Waals surface area contributed by atoms with Crippen LogP contribution in [0.4, 0.5) is 5.69 Å². The van der Waals surface area contributed by atoms with Gasteiger partial charge >= 0.3 is 0 Å². The number of tetrazole rings is 1. The van der Waals surface area contributed by atoms with Crippen LogP contribution in [-0.2, 0) is 0 Å². The first-order valence-corrected chi connectivity index (χ1v) is 6.22. The molecule has 2 N–H and O–H groups in total. The molecule has 94 valence electrons. The van der Waals surface area contributed by atoms with Crippen LogP contribution in [0.3, 0.4) is 0 Å². The normalized spacial score (nSPS) is 19.7. The highest BCUT2D eigenvalue weighted by atomic mass is 15.5. The zero-order chi connectivity index (χ0) is 12.2. The summed E-state index contributed by atoms with van der Waals surface area (Å²) in [5.74, 6) is 0. The van der Waals surface area contributed by atoms with E-state index < -0.39 is 0 Å². The maximum absolute atomic E-state index is 3.86. The fraction of sp³-hybridized carbons (Fsp3) is 0.417. The molecule has 1 fully saturated rings. The summed E-state index contributed by atoms with van der Waals surface area (Å²) in [5, 5.41) is 18.0. The Balaban J connectivity index is 1.67. The third kappa shape index (κ3) is 2.48. The SMILES string of the molecule is c1cc(-n2cnnn2)ccc1NC1CCCNC1. The molecule has 2 aromatic rings. The number of rotatable bonds is 3. The maximum atomic E-state index is 3.86. The Hall–Kier alpha value is -1.95. The van der Waals surface area contributed by atoms with Gasteiger partial charge in [-0.1, -0.05) is 0 Å². The van der Waals surface area contributed by atoms with Crippen LogP contribution in [-0.4, -0.2) is 39.3 Å². The summed E-state index contributed by atoms with van der Waals surface area (Å²) in [7, 11) is 0. The summed E-state index contributed by atoms with van der Waals surface area (Å²) in [4.78, 5) is 0. The van der Waals surface area contributed by atoms with Gasteiger partial charge in [-0.15, -0.1) is 5.10 Å². The van der Waals surface area contributed by atoms with Crippen LogP contribution in [0.5, 0.6) is 0 Å². The number of aromatic nitrogens is 4. The third-order valence-corrected chi connectivity index (χ3v) is 3.15. The molecule has 1 aromatic heterocycles. The lowest BCUT2D eigenvalue weighted by Gasteiger charge is -2.24. The lowest BCUT2D eigenvalue weighted by atomic mass is 10.1. The minimum atomic E-state index is 0.526. The first-order chi connectivity index (χ1) is 8.92. The molecule has 18 heavy (non-hydrogen) atoms. The molecule has 6 nitrogen and oxygen atoms in total. The number of anilines is 1. The van der Waals surface area contributed by atoms with Gasteiger partial charge in [0.1, 0.15) is 6.33 Å². The van der Waals surface area contributed by atoms with E-state index in [1.165, 1.54) is 12.8 Å². The van der Waals surface area contributed by atoms with Crippen molar-refractivity contribution in [2.75, 3.05) is 18.4 Å². The smallest absolute Gasteiger partial charge is 0.143 e. The molecule has 1 aliphatic heterocycles. The molecule has 0 aliphatic carbocycles. The first-order valence-electron chi connectivity index (χ1n) is 6.22. The Labute approximate surface area is 105 Å². The minimum Gasteiger partial charge on any atom is -0.381 e. The van der Waals surface area contributed by atoms with Crippen molar-refractivity contribution in [3.63, 3.8) is 0 Å². The van der Waals surface area contributed by atoms with Gasteiger partial charge in [-0.05, 0) is 54.1 Å². The maximum Gasteiger partial charge on any atom is 0.143 e. The lowest BCUT2D eigenvalue weighted by Crippen LogP contribution is -2.38. The van der Waals surface area contributed by atoms with Crippen molar-refractivity contribution in [3.05, 3.63) is 30.6 Å². The second-order valence-electron chi connectivity index (χ2n) is 4.49. The first kappa shape index (κ1) is 11.2. The van der Waals surface area contributed by atoms with E-state index in [4.69, 9.17) is 0 Å². The molecular formula is C12H16N6. The molecule has 6 heteroatoms. The highest BCUT2D eigenvalue weighted by Crippen LogP contribution is 2.15. The van der Waals surface area contributed by atoms with Crippen molar-refractivity contribution in [3.8, 4) is 5.69 Å². The predicted molar refractivity (Wildman–Crippen MR) is 68.7 cm³/mol. The van der Waals surface area contributed by atoms with E-state index >= 15 is 0 Å². The van der Waals surface area contributed by atoms with E-state index in [-0.39, 0.29) is 0 Å². The number of piperidine rings is 1. The molecule has 1 unspecified atom stereocenters. The largest absolute Gasteiger partial charge is 0.381 e. The van der Waals surface area contributed by atoms with E-state index in [2.05, 4.69) is 38.3 Å². The zero-order valence-corrected chi connectivity index (χ0v) is 10.1. The van der Waals surface area contributed by atoms with E-state index in [0.29, 0.717) is 6.04 Å². The van der Waals surface area contributed by atoms with Crippen molar-refractivity contribution in [1.82, 2.24) is 25.5 Å². The third-order valence-electron chi connectivity index (χ3n) is 3.15. The number of nitrogens with one attached hydrogen (secondary N) is 2. The van der Waals surface area contributed by atoms with Gasteiger partial charge in [0.05, 0.1) is 5.69 Å². The summed E-state index contributed by atoms with van der Waals surface area (Å²) in [5.41, 5.74) is 2.10. The van der Waals surface area contributed by atoms with E-state index in [1.54, 1.807) is 11.0 Å². The van der Waals surface area contributed by atoms with Crippen molar-refractivity contribution < 1.29 is 0 Å². The number of hydrogen-bond acceptors (Lipinski definition) is 5. The zero-order valence-electron chi connectivity index (χ0n) is 10.1. The number of hydrogen-bond donors (Lipinski definition) is 2. The van der Waals surface area contributed by atoms with Gasteiger partial charge in [0, 0.05) is 18.3 Å². The van der Waals surface area contributed by atoms with Crippen molar-refractivity contribution in [1.29, 1.82) is 0 Å². The molecule has 1 saturated heterocycles. The molecule has 0 saturated carbocycles. The van der Waals surface area contributed by atoms with Crippen LogP contribution in [0.25, 0.3) is 5.69 Å². The Kier molecular flexibility index (Phi) is 3.18. The summed E-state index contributed by atoms with van der Waals surface area (Å²) >= 11 is 0. The molecule has 2 heterocycles. The van der Waals surface area contributed by atoms with Crippen molar-refractivity contribution in [2.45, 2.75) is 18.9 Å². The topological polar surface area (TPSA) is 67.7 Å². The van der Waals surface area contributed by atoms with Gasteiger partial charge < -0.3 is 10.6 Å². The quantitative estimate of drug-likeness (QED) is 0.837. The van der Waals surface area contributed by atoms with Crippen LogP contribution in [0, 0.1) is 0 Å². The monoisotopic (exact) mass is 244 g/mol. The molecule has 1 aromatic carbocycles. The van der Waals surface area contributed by atoms with Gasteiger partial charge in [-0.3, -0.25) is 0 Å². The molecular weight excluding hydrogens is 228 g/mol. The lowest BCUT2D eigenvalue weighted by molar-refractivity contribution is 0.480. The standard InChI is InChI=1S/C12H16N6/c1-2-11(8-13-7-1)15-10-3-5-12(6-4-10)18-9-14-16-17-18/h3-6,9,11,13,15H,1-2,7-8H2. The van der Waals surface area contributed by atoms with E-state index in [9.17, 15) is 0 Å². The van der Waals surface area contributed by atoms with Gasteiger partial charge in [-0.2, -0.15) is 0 Å². The highest BCUT2D eigenvalue weighted by Gasteiger charge is 2.12. The van der Waals surface area contributed by atoms with E-state index in [0.717, 1.165) is 24.5 Å². The Morgan fingerprint density at radius 2 is 2.17 bits per heavy atom. The highest BCUT2D eigenvalue weighted by molar-refractivity contribution is 5.49. The van der Waals surface area contributed by atoms with E-state index in [1.807, 2.05) is 12.1 Å². The Morgan fingerprint density at radius 1 is 1.28 bits per heavy atom. The van der Waals surface area contributed by atoms with Crippen LogP contribution < -0.4 is 10.6 Å². The van der Waals surface area contributed by atoms with Gasteiger partial charge in [0.25, 0.3) is 0 Å². The number of benzene rings is 1. The molecule has 1 atom stereocenters. The second kappa shape index (κ2) is 5.14. The van der Waals surface area contributed by atoms with Crippen LogP contribution in [0.15, 0.2) is 30.6 Å². The molecule has 1 aliphatic rings. The van der Waals surface area contributed by atoms with Crippen LogP contribution >= 0.6 is 0 Å². The second-order valence-corrected chi connectivity index (χ2v) is 4.49. The fourth-order valence-corrected chi connectivity index (χ4v) is 2.20. The van der Waals surface area contributed by atoms with Crippen molar-refractivity contribution in [2.24, 2.45) is 0 Å². The predicted octanol–water partition coefficient (Wildman–Crippen LogP) is 0.826. The molecule has 0 amide bonds. The summed E-state index contributed by atoms with van der Waals surface area (Å²) in [6.45, 7) is 2.17. The number of nitrogens with zero attached hydrogens (tertiary/aromatic N) is 4. The fourth-order valence-electron chi connectivity index (χ4n) is 2.20. The molecule has 0 radical (unpaired) electrons. The molecule has 0 bridgehead atoms. The minimum absolute atomic E-state index is 0.526. The van der Waals surface area contributed by atoms with Crippen LogP contribution in [0.2, 0.25) is 0 Å². The molecule has 0 spiro atoms. The Morgan fingerprint density at radius 3 is 2.83 bits per heavy atom. The summed E-state index contributed by atoms with van der Waals surface area (Å²) < 4.78 is 1.64. The van der Waals surface area contributed by atoms with Gasteiger partial charge in [-0.25, -0.2) is 4.68 Å². The average Bonchev–Trinajstić information content (AvgIpc) is 2.95. The molecule has 3 rings (SSSR count). The van der Waals surface area contributed by atoms with Crippen molar-refractivity contribution >= 4 is 5.69 Å². The summed E-state index contributed by atoms with van der Waals surface area (Å²) in [6.07, 6.45) is 4.05. The Bertz CT molecular complexity index is 472.